The van der Waals surface area contributed by atoms with E-state index in [-0.39, 0.29) is 11.4 Å². The molecule has 1 aromatic heterocycles. The molecule has 102 valence electrons. The van der Waals surface area contributed by atoms with Crippen LogP contribution in [0.15, 0.2) is 33.9 Å². The van der Waals surface area contributed by atoms with Crippen LogP contribution >= 0.6 is 11.3 Å². The number of rotatable bonds is 4. The largest absolute Gasteiger partial charge is 0.397 e. The summed E-state index contributed by atoms with van der Waals surface area (Å²) < 4.78 is 27.3. The van der Waals surface area contributed by atoms with Crippen LogP contribution in [-0.2, 0) is 16.6 Å². The number of nitrogens with two attached hydrogens (primary N) is 1. The lowest BCUT2D eigenvalue weighted by molar-refractivity contribution is 0.581. The molecule has 6 heteroatoms. The van der Waals surface area contributed by atoms with Gasteiger partial charge in [0, 0.05) is 6.54 Å². The van der Waals surface area contributed by atoms with Gasteiger partial charge in [0.25, 0.3) is 0 Å². The van der Waals surface area contributed by atoms with Gasteiger partial charge < -0.3 is 5.73 Å². The van der Waals surface area contributed by atoms with Gasteiger partial charge in [-0.3, -0.25) is 0 Å². The van der Waals surface area contributed by atoms with Crippen molar-refractivity contribution in [3.05, 3.63) is 45.6 Å². The molecule has 0 bridgehead atoms. The van der Waals surface area contributed by atoms with Gasteiger partial charge in [-0.05, 0) is 47.4 Å². The van der Waals surface area contributed by atoms with Crippen LogP contribution in [0, 0.1) is 13.8 Å². The third-order valence-corrected chi connectivity index (χ3v) is 5.26. The second kappa shape index (κ2) is 5.32. The molecule has 2 aromatic rings. The van der Waals surface area contributed by atoms with Crippen molar-refractivity contribution in [1.82, 2.24) is 4.72 Å². The highest BCUT2D eigenvalue weighted by Crippen LogP contribution is 2.25. The van der Waals surface area contributed by atoms with E-state index in [1.54, 1.807) is 19.9 Å². The lowest BCUT2D eigenvalue weighted by Crippen LogP contribution is -2.25. The number of anilines is 1. The molecule has 19 heavy (non-hydrogen) atoms. The third-order valence-electron chi connectivity index (χ3n) is 2.93. The van der Waals surface area contributed by atoms with Crippen molar-refractivity contribution in [2.75, 3.05) is 5.73 Å². The second-order valence-corrected chi connectivity index (χ2v) is 6.88. The smallest absolute Gasteiger partial charge is 0.243 e. The van der Waals surface area contributed by atoms with E-state index in [0.717, 1.165) is 11.1 Å². The van der Waals surface area contributed by atoms with Crippen LogP contribution in [0.25, 0.3) is 0 Å². The van der Waals surface area contributed by atoms with Crippen LogP contribution < -0.4 is 10.5 Å². The first-order chi connectivity index (χ1) is 8.92. The summed E-state index contributed by atoms with van der Waals surface area (Å²) in [5, 5.41) is 3.82. The van der Waals surface area contributed by atoms with E-state index in [1.165, 1.54) is 11.3 Å². The Balaban J connectivity index is 2.32. The lowest BCUT2D eigenvalue weighted by Gasteiger charge is -2.13. The summed E-state index contributed by atoms with van der Waals surface area (Å²) in [6.07, 6.45) is 0. The number of aryl methyl sites for hydroxylation is 2. The maximum absolute atomic E-state index is 12.3. The molecule has 0 unspecified atom stereocenters. The van der Waals surface area contributed by atoms with Crippen molar-refractivity contribution < 1.29 is 8.42 Å². The Morgan fingerprint density at radius 3 is 2.53 bits per heavy atom. The van der Waals surface area contributed by atoms with E-state index < -0.39 is 10.0 Å². The average Bonchev–Trinajstić information content (AvgIpc) is 2.85. The van der Waals surface area contributed by atoms with Crippen molar-refractivity contribution >= 4 is 27.0 Å². The van der Waals surface area contributed by atoms with Crippen molar-refractivity contribution in [1.29, 1.82) is 0 Å². The Bertz CT molecular complexity index is 677. The fourth-order valence-electron chi connectivity index (χ4n) is 1.81. The Labute approximate surface area is 117 Å². The highest BCUT2D eigenvalue weighted by molar-refractivity contribution is 7.89. The average molecular weight is 296 g/mol. The van der Waals surface area contributed by atoms with Gasteiger partial charge in [0.2, 0.25) is 10.0 Å². The predicted molar refractivity (Wildman–Crippen MR) is 78.7 cm³/mol. The SMILES string of the molecule is Cc1ccc(C)c(S(=O)(=O)NCc2ccsc2)c1N. The van der Waals surface area contributed by atoms with E-state index in [0.29, 0.717) is 11.3 Å². The number of nitrogens with one attached hydrogen (secondary N) is 1. The summed E-state index contributed by atoms with van der Waals surface area (Å²) in [4.78, 5) is 0.183. The third kappa shape index (κ3) is 2.97. The lowest BCUT2D eigenvalue weighted by atomic mass is 10.1. The fraction of sp³-hybridized carbons (Fsp3) is 0.231. The van der Waals surface area contributed by atoms with Gasteiger partial charge in [-0.25, -0.2) is 13.1 Å². The maximum atomic E-state index is 12.3. The van der Waals surface area contributed by atoms with Crippen LogP contribution in [-0.4, -0.2) is 8.42 Å². The zero-order chi connectivity index (χ0) is 14.0. The van der Waals surface area contributed by atoms with Crippen LogP contribution in [0.1, 0.15) is 16.7 Å². The Hall–Kier alpha value is -1.37. The number of benzene rings is 1. The Morgan fingerprint density at radius 2 is 1.89 bits per heavy atom. The number of thiophene rings is 1. The molecule has 0 amide bonds. The summed E-state index contributed by atoms with van der Waals surface area (Å²) in [6.45, 7) is 3.82. The second-order valence-electron chi connectivity index (χ2n) is 4.40. The zero-order valence-electron chi connectivity index (χ0n) is 10.8. The molecule has 0 fully saturated rings. The molecule has 0 saturated heterocycles. The number of sulfonamides is 1. The zero-order valence-corrected chi connectivity index (χ0v) is 12.4. The van der Waals surface area contributed by atoms with E-state index >= 15 is 0 Å². The van der Waals surface area contributed by atoms with Gasteiger partial charge in [0.05, 0.1) is 5.69 Å². The highest BCUT2D eigenvalue weighted by Gasteiger charge is 2.20. The monoisotopic (exact) mass is 296 g/mol. The summed E-state index contributed by atoms with van der Waals surface area (Å²) in [5.41, 5.74) is 8.58. The summed E-state index contributed by atoms with van der Waals surface area (Å²) >= 11 is 1.54. The quantitative estimate of drug-likeness (QED) is 0.851. The molecule has 0 aliphatic heterocycles. The van der Waals surface area contributed by atoms with Gasteiger partial charge >= 0.3 is 0 Å². The van der Waals surface area contributed by atoms with E-state index in [1.807, 2.05) is 22.9 Å². The minimum absolute atomic E-state index is 0.183. The van der Waals surface area contributed by atoms with Gasteiger partial charge in [0.15, 0.2) is 0 Å². The first kappa shape index (κ1) is 14.0. The van der Waals surface area contributed by atoms with Crippen LogP contribution in [0.3, 0.4) is 0 Å². The molecular weight excluding hydrogens is 280 g/mol. The molecule has 1 heterocycles. The minimum atomic E-state index is -3.59. The van der Waals surface area contributed by atoms with Gasteiger partial charge in [-0.1, -0.05) is 12.1 Å². The predicted octanol–water partition coefficient (Wildman–Crippen LogP) is 2.43. The molecule has 0 atom stereocenters. The molecule has 0 spiro atoms. The number of hydrogen-bond donors (Lipinski definition) is 2. The summed E-state index contributed by atoms with van der Waals surface area (Å²) in [5.74, 6) is 0. The van der Waals surface area contributed by atoms with Crippen LogP contribution in [0.4, 0.5) is 5.69 Å². The minimum Gasteiger partial charge on any atom is -0.397 e. The van der Waals surface area contributed by atoms with Gasteiger partial charge in [-0.15, -0.1) is 0 Å². The fourth-order valence-corrected chi connectivity index (χ4v) is 3.92. The number of nitrogen functional groups attached to an aromatic ring is 1. The number of hydrogen-bond acceptors (Lipinski definition) is 4. The molecule has 2 rings (SSSR count). The standard InChI is InChI=1S/C13H16N2O2S2/c1-9-3-4-10(2)13(12(9)14)19(16,17)15-7-11-5-6-18-8-11/h3-6,8,15H,7,14H2,1-2H3. The van der Waals surface area contributed by atoms with Crippen molar-refractivity contribution in [2.45, 2.75) is 25.3 Å². The molecule has 0 saturated carbocycles. The molecule has 0 aliphatic carbocycles. The van der Waals surface area contributed by atoms with Gasteiger partial charge in [0.1, 0.15) is 4.90 Å². The molecular formula is C13H16N2O2S2. The normalized spacial score (nSPS) is 11.7. The summed E-state index contributed by atoms with van der Waals surface area (Å²) in [7, 11) is -3.59. The molecule has 4 nitrogen and oxygen atoms in total. The molecule has 1 aromatic carbocycles. The molecule has 3 N–H and O–H groups in total. The van der Waals surface area contributed by atoms with E-state index in [2.05, 4.69) is 4.72 Å². The van der Waals surface area contributed by atoms with E-state index in [4.69, 9.17) is 5.73 Å². The first-order valence-corrected chi connectivity index (χ1v) is 8.21. The molecule has 0 aliphatic rings. The Kier molecular flexibility index (Phi) is 3.93. The van der Waals surface area contributed by atoms with Crippen LogP contribution in [0.5, 0.6) is 0 Å². The maximum Gasteiger partial charge on any atom is 0.243 e. The van der Waals surface area contributed by atoms with E-state index in [9.17, 15) is 8.42 Å². The first-order valence-electron chi connectivity index (χ1n) is 5.78. The highest BCUT2D eigenvalue weighted by atomic mass is 32.2. The Morgan fingerprint density at radius 1 is 1.21 bits per heavy atom. The van der Waals surface area contributed by atoms with Crippen LogP contribution in [0.2, 0.25) is 0 Å². The topological polar surface area (TPSA) is 72.2 Å². The molecule has 0 radical (unpaired) electrons. The summed E-state index contributed by atoms with van der Waals surface area (Å²) in [6, 6.07) is 5.48. The van der Waals surface area contributed by atoms with Crippen molar-refractivity contribution in [2.24, 2.45) is 0 Å². The van der Waals surface area contributed by atoms with Crippen molar-refractivity contribution in [3.8, 4) is 0 Å². The van der Waals surface area contributed by atoms with Gasteiger partial charge in [-0.2, -0.15) is 11.3 Å². The van der Waals surface area contributed by atoms with Crippen molar-refractivity contribution in [3.63, 3.8) is 0 Å².